The zero-order valence-corrected chi connectivity index (χ0v) is 22.6. The fourth-order valence-electron chi connectivity index (χ4n) is 10.5. The summed E-state index contributed by atoms with van der Waals surface area (Å²) in [5.41, 5.74) is 2.28. The second kappa shape index (κ2) is 7.11. The van der Waals surface area contributed by atoms with Crippen molar-refractivity contribution in [3.8, 4) is 0 Å². The highest BCUT2D eigenvalue weighted by Crippen LogP contribution is 2.73. The molecule has 4 heteroatoms. The first-order valence-electron chi connectivity index (χ1n) is 14.2. The molecule has 0 aromatic heterocycles. The van der Waals surface area contributed by atoms with Crippen molar-refractivity contribution in [2.45, 2.75) is 130 Å². The summed E-state index contributed by atoms with van der Waals surface area (Å²) in [6.45, 7) is 16.5. The monoisotopic (exact) mass is 472 g/mol. The fraction of sp³-hybridized carbons (Fsp3) is 0.933. The molecule has 3 saturated carbocycles. The molecule has 2 saturated heterocycles. The molecule has 2 aliphatic heterocycles. The second-order valence-corrected chi connectivity index (χ2v) is 14.9. The molecule has 2 N–H and O–H groups in total. The summed E-state index contributed by atoms with van der Waals surface area (Å²) in [7, 11) is 0. The van der Waals surface area contributed by atoms with E-state index in [1.54, 1.807) is 5.57 Å². The molecule has 0 radical (unpaired) electrons. The molecule has 4 aliphatic carbocycles. The van der Waals surface area contributed by atoms with Crippen LogP contribution < -0.4 is 0 Å². The topological polar surface area (TPSA) is 62.2 Å². The second-order valence-electron chi connectivity index (χ2n) is 14.9. The number of allylic oxidation sites excluding steroid dienone is 2. The van der Waals surface area contributed by atoms with Gasteiger partial charge in [-0.25, -0.2) is 0 Å². The highest BCUT2D eigenvalue weighted by atomic mass is 16.7. The molecule has 4 nitrogen and oxygen atoms in total. The quantitative estimate of drug-likeness (QED) is 0.391. The summed E-state index contributed by atoms with van der Waals surface area (Å²) < 4.78 is 12.0. The first kappa shape index (κ1) is 23.9. The van der Waals surface area contributed by atoms with Gasteiger partial charge in [-0.1, -0.05) is 46.3 Å². The Bertz CT molecular complexity index is 892. The summed E-state index contributed by atoms with van der Waals surface area (Å²) >= 11 is 0. The van der Waals surface area contributed by atoms with Crippen molar-refractivity contribution in [2.75, 3.05) is 0 Å². The van der Waals surface area contributed by atoms with Crippen LogP contribution in [0, 0.1) is 45.3 Å². The van der Waals surface area contributed by atoms with E-state index < -0.39 is 6.29 Å². The average Bonchev–Trinajstić information content (AvgIpc) is 3.08. The minimum atomic E-state index is -0.658. The molecule has 11 atom stereocenters. The first-order valence-corrected chi connectivity index (χ1v) is 14.2. The lowest BCUT2D eigenvalue weighted by atomic mass is 9.41. The van der Waals surface area contributed by atoms with Crippen molar-refractivity contribution in [1.29, 1.82) is 0 Å². The van der Waals surface area contributed by atoms with Crippen LogP contribution in [0.2, 0.25) is 0 Å². The Balaban J connectivity index is 1.29. The number of aliphatic hydroxyl groups excluding tert-OH is 2. The van der Waals surface area contributed by atoms with Gasteiger partial charge in [0.15, 0.2) is 6.29 Å². The number of ether oxygens (including phenoxy) is 2. The van der Waals surface area contributed by atoms with Crippen LogP contribution in [0.5, 0.6) is 0 Å². The summed E-state index contributed by atoms with van der Waals surface area (Å²) in [5, 5.41) is 21.9. The van der Waals surface area contributed by atoms with Gasteiger partial charge in [0, 0.05) is 5.92 Å². The molecule has 6 aliphatic rings. The highest BCUT2D eigenvalue weighted by molar-refractivity contribution is 5.33. The molecule has 0 aromatic carbocycles. The largest absolute Gasteiger partial charge is 0.393 e. The molecule has 0 aromatic rings. The van der Waals surface area contributed by atoms with Gasteiger partial charge in [-0.15, -0.1) is 0 Å². The SMILES string of the molecule is CC1(C)O[C@@H]1[C@H]1C[C@@H]([C@@H]2CC[C@]3(C)C4=CC[C@@H]5C(C)(C)[C@@H](O)CC[C@]5(C)[C@H]4CC[C@@]23C)[C@H](O)O1. The van der Waals surface area contributed by atoms with E-state index in [-0.39, 0.29) is 51.5 Å². The molecular formula is C30H48O4. The summed E-state index contributed by atoms with van der Waals surface area (Å²) in [6.07, 6.45) is 11.0. The van der Waals surface area contributed by atoms with Gasteiger partial charge in [-0.3, -0.25) is 0 Å². The van der Waals surface area contributed by atoms with Crippen molar-refractivity contribution in [3.05, 3.63) is 11.6 Å². The molecular weight excluding hydrogens is 424 g/mol. The maximum absolute atomic E-state index is 11.0. The predicted octanol–water partition coefficient (Wildman–Crippen LogP) is 5.85. The molecule has 0 bridgehead atoms. The molecule has 6 rings (SSSR count). The molecule has 0 unspecified atom stereocenters. The summed E-state index contributed by atoms with van der Waals surface area (Å²) in [6, 6.07) is 0. The van der Waals surface area contributed by atoms with E-state index in [9.17, 15) is 10.2 Å². The van der Waals surface area contributed by atoms with Crippen LogP contribution in [0.3, 0.4) is 0 Å². The lowest BCUT2D eigenvalue weighted by molar-refractivity contribution is -0.143. The zero-order chi connectivity index (χ0) is 24.5. The Kier molecular flexibility index (Phi) is 5.01. The minimum absolute atomic E-state index is 0.0200. The van der Waals surface area contributed by atoms with Crippen molar-refractivity contribution in [2.24, 2.45) is 45.3 Å². The standard InChI is InChI=1S/C30H48O4/c1-26(2)22-9-8-20-19(28(22,5)13-12-23(26)31)11-15-29(6)18(10-14-30(20,29)7)17-16-21(33-25(17)32)24-27(3,4)34-24/h8,17-19,21-25,31-32H,9-16H2,1-7H3/t17-,18-,19-,21+,22+,23-,24+,25+,28+,29-,30+/m0/s1. The Labute approximate surface area is 206 Å². The smallest absolute Gasteiger partial charge is 0.158 e. The third-order valence-corrected chi connectivity index (χ3v) is 13.0. The van der Waals surface area contributed by atoms with Crippen LogP contribution in [-0.4, -0.2) is 40.4 Å². The Hall–Kier alpha value is -0.420. The van der Waals surface area contributed by atoms with Gasteiger partial charge in [-0.2, -0.15) is 0 Å². The fourth-order valence-corrected chi connectivity index (χ4v) is 10.5. The zero-order valence-electron chi connectivity index (χ0n) is 22.6. The van der Waals surface area contributed by atoms with Crippen LogP contribution in [0.25, 0.3) is 0 Å². The maximum Gasteiger partial charge on any atom is 0.158 e. The molecule has 0 spiro atoms. The molecule has 34 heavy (non-hydrogen) atoms. The molecule has 2 heterocycles. The highest BCUT2D eigenvalue weighted by Gasteiger charge is 2.67. The Morgan fingerprint density at radius 1 is 0.912 bits per heavy atom. The number of rotatable bonds is 2. The number of epoxide rings is 1. The van der Waals surface area contributed by atoms with Gasteiger partial charge in [0.25, 0.3) is 0 Å². The third kappa shape index (κ3) is 2.92. The van der Waals surface area contributed by atoms with Crippen molar-refractivity contribution < 1.29 is 19.7 Å². The summed E-state index contributed by atoms with van der Waals surface area (Å²) in [5.74, 6) is 1.89. The van der Waals surface area contributed by atoms with E-state index in [4.69, 9.17) is 9.47 Å². The van der Waals surface area contributed by atoms with E-state index in [1.807, 2.05) is 0 Å². The predicted molar refractivity (Wildman–Crippen MR) is 133 cm³/mol. The van der Waals surface area contributed by atoms with E-state index >= 15 is 0 Å². The number of hydrogen-bond donors (Lipinski definition) is 2. The van der Waals surface area contributed by atoms with Crippen LogP contribution >= 0.6 is 0 Å². The normalized spacial score (nSPS) is 57.4. The van der Waals surface area contributed by atoms with Crippen LogP contribution in [0.15, 0.2) is 11.6 Å². The number of aliphatic hydroxyl groups is 2. The van der Waals surface area contributed by atoms with Gasteiger partial charge in [-0.05, 0) is 105 Å². The Morgan fingerprint density at radius 2 is 1.62 bits per heavy atom. The minimum Gasteiger partial charge on any atom is -0.393 e. The van der Waals surface area contributed by atoms with Gasteiger partial charge >= 0.3 is 0 Å². The van der Waals surface area contributed by atoms with Crippen molar-refractivity contribution >= 4 is 0 Å². The number of hydrogen-bond acceptors (Lipinski definition) is 4. The van der Waals surface area contributed by atoms with E-state index in [0.717, 1.165) is 25.7 Å². The number of fused-ring (bicyclic) bond motifs is 5. The third-order valence-electron chi connectivity index (χ3n) is 13.0. The molecule has 0 amide bonds. The lowest BCUT2D eigenvalue weighted by Crippen LogP contribution is -2.58. The van der Waals surface area contributed by atoms with Gasteiger partial charge in [0.1, 0.15) is 6.10 Å². The first-order chi connectivity index (χ1) is 15.8. The van der Waals surface area contributed by atoms with Gasteiger partial charge in [0.05, 0.1) is 17.8 Å². The Morgan fingerprint density at radius 3 is 2.29 bits per heavy atom. The summed E-state index contributed by atoms with van der Waals surface area (Å²) in [4.78, 5) is 0. The van der Waals surface area contributed by atoms with Crippen molar-refractivity contribution in [3.63, 3.8) is 0 Å². The average molecular weight is 473 g/mol. The lowest BCUT2D eigenvalue weighted by Gasteiger charge is -2.64. The van der Waals surface area contributed by atoms with E-state index in [0.29, 0.717) is 17.8 Å². The van der Waals surface area contributed by atoms with E-state index in [2.05, 4.69) is 54.5 Å². The van der Waals surface area contributed by atoms with Gasteiger partial charge in [0.2, 0.25) is 0 Å². The molecule has 192 valence electrons. The maximum atomic E-state index is 11.0. The van der Waals surface area contributed by atoms with Crippen LogP contribution in [-0.2, 0) is 9.47 Å². The van der Waals surface area contributed by atoms with Gasteiger partial charge < -0.3 is 19.7 Å². The van der Waals surface area contributed by atoms with E-state index in [1.165, 1.54) is 25.7 Å². The van der Waals surface area contributed by atoms with Crippen molar-refractivity contribution in [1.82, 2.24) is 0 Å². The van der Waals surface area contributed by atoms with Crippen LogP contribution in [0.1, 0.15) is 99.8 Å². The van der Waals surface area contributed by atoms with Crippen LogP contribution in [0.4, 0.5) is 0 Å². The molecule has 5 fully saturated rings.